The molecule has 0 unspecified atom stereocenters. The number of carbonyl (C=O) groups excluding carboxylic acids is 3. The van der Waals surface area contributed by atoms with Gasteiger partial charge in [-0.05, 0) is 0 Å². The number of amides is 3. The molecule has 166 valence electrons. The molecule has 2 rings (SSSR count). The van der Waals surface area contributed by atoms with E-state index in [4.69, 9.17) is 21.1 Å². The Morgan fingerprint density at radius 3 is 2.52 bits per heavy atom. The maximum absolute atomic E-state index is 12.6. The van der Waals surface area contributed by atoms with Crippen molar-refractivity contribution in [3.63, 3.8) is 0 Å². The molecule has 0 aromatic carbocycles. The molecular weight excluding hydrogens is 475 g/mol. The summed E-state index contributed by atoms with van der Waals surface area (Å²) < 4.78 is 36.2. The average Bonchev–Trinajstić information content (AvgIpc) is 3.04. The van der Waals surface area contributed by atoms with Crippen LogP contribution in [-0.2, 0) is 34.3 Å². The third-order valence-corrected chi connectivity index (χ3v) is 5.05. The molecule has 2 heterocycles. The Morgan fingerprint density at radius 1 is 1.39 bits per heavy atom. The number of β-lactam (4-membered cyclic amide) rings is 1. The Morgan fingerprint density at radius 2 is 2.03 bits per heavy atom. The number of nitrogen functional groups attached to an aromatic ring is 1. The van der Waals surface area contributed by atoms with Gasteiger partial charge in [-0.3, -0.25) is 14.1 Å². The first-order valence-corrected chi connectivity index (χ1v) is 9.86. The number of anilines is 1. The van der Waals surface area contributed by atoms with Gasteiger partial charge < -0.3 is 31.5 Å². The van der Waals surface area contributed by atoms with Gasteiger partial charge >= 0.3 is 51.9 Å². The number of hydrogen-bond donors (Lipinski definition) is 5. The topological polar surface area (TPSA) is 254 Å². The molecule has 1 aliphatic heterocycles. The van der Waals surface area contributed by atoms with Gasteiger partial charge in [-0.1, -0.05) is 5.16 Å². The first kappa shape index (κ1) is 26.5. The van der Waals surface area contributed by atoms with Gasteiger partial charge in [0.2, 0.25) is 6.61 Å². The zero-order valence-corrected chi connectivity index (χ0v) is 16.3. The SMILES string of the molecule is NC(=O)OC[C@@H]1[C@H](NC(=O)/C(=N\OCC(=O)O)c2csc(N)n2)C(=O)N1S(=O)(=O)O.[NaH]. The normalized spacial score (nSPS) is 18.4. The molecule has 0 aliphatic carbocycles. The van der Waals surface area contributed by atoms with Crippen molar-refractivity contribution in [2.75, 3.05) is 18.9 Å². The van der Waals surface area contributed by atoms with E-state index < -0.39 is 65.2 Å². The zero-order chi connectivity index (χ0) is 22.6. The van der Waals surface area contributed by atoms with Crippen LogP contribution < -0.4 is 16.8 Å². The third-order valence-electron chi connectivity index (χ3n) is 3.42. The number of carboxylic acids is 1. The van der Waals surface area contributed by atoms with Crippen molar-refractivity contribution in [1.29, 1.82) is 0 Å². The van der Waals surface area contributed by atoms with Crippen molar-refractivity contribution < 1.29 is 46.8 Å². The Balaban J connectivity index is 0.00000480. The van der Waals surface area contributed by atoms with Gasteiger partial charge in [-0.25, -0.2) is 18.9 Å². The Labute approximate surface area is 199 Å². The molecule has 1 fully saturated rings. The van der Waals surface area contributed by atoms with E-state index in [0.29, 0.717) is 0 Å². The van der Waals surface area contributed by atoms with Crippen LogP contribution in [0.2, 0.25) is 0 Å². The number of aliphatic carboxylic acids is 1. The molecule has 0 spiro atoms. The first-order valence-electron chi connectivity index (χ1n) is 7.58. The van der Waals surface area contributed by atoms with Crippen molar-refractivity contribution in [3.8, 4) is 0 Å². The summed E-state index contributed by atoms with van der Waals surface area (Å²) in [6.07, 6.45) is -1.29. The minimum atomic E-state index is -5.02. The molecule has 1 aromatic rings. The van der Waals surface area contributed by atoms with Crippen molar-refractivity contribution in [3.05, 3.63) is 11.1 Å². The summed E-state index contributed by atoms with van der Waals surface area (Å²) in [4.78, 5) is 54.3. The number of ether oxygens (including phenoxy) is 1. The predicted octanol–water partition coefficient (Wildman–Crippen LogP) is -3.52. The number of nitrogens with zero attached hydrogens (tertiary/aromatic N) is 3. The van der Waals surface area contributed by atoms with Crippen molar-refractivity contribution in [2.24, 2.45) is 10.9 Å². The second kappa shape index (κ2) is 10.7. The molecule has 3 amide bonds. The number of rotatable bonds is 9. The van der Waals surface area contributed by atoms with E-state index in [1.54, 1.807) is 0 Å². The van der Waals surface area contributed by atoms with Crippen LogP contribution in [0.15, 0.2) is 10.5 Å². The minimum absolute atomic E-state index is 0. The van der Waals surface area contributed by atoms with Crippen LogP contribution in [0.4, 0.5) is 9.93 Å². The van der Waals surface area contributed by atoms with Crippen LogP contribution in [0.5, 0.6) is 0 Å². The number of hydrogen-bond acceptors (Lipinski definition) is 12. The Kier molecular flexibility index (Phi) is 9.14. The van der Waals surface area contributed by atoms with Crippen molar-refractivity contribution >= 4 is 85.9 Å². The zero-order valence-electron chi connectivity index (χ0n) is 14.6. The van der Waals surface area contributed by atoms with Gasteiger partial charge in [0.05, 0.1) is 0 Å². The Hall–Kier alpha value is -2.51. The molecule has 1 saturated heterocycles. The van der Waals surface area contributed by atoms with Crippen LogP contribution in [0.3, 0.4) is 0 Å². The van der Waals surface area contributed by atoms with Crippen LogP contribution in [-0.4, -0.2) is 112 Å². The predicted molar refractivity (Wildman–Crippen MR) is 103 cm³/mol. The summed E-state index contributed by atoms with van der Waals surface area (Å²) in [7, 11) is -5.02. The number of nitrogens with two attached hydrogens (primary N) is 2. The number of aromatic nitrogens is 1. The van der Waals surface area contributed by atoms with E-state index in [0.717, 1.165) is 11.3 Å². The van der Waals surface area contributed by atoms with Gasteiger partial charge in [0.1, 0.15) is 24.4 Å². The number of thiazole rings is 1. The van der Waals surface area contributed by atoms with Crippen LogP contribution in [0, 0.1) is 0 Å². The number of primary amides is 1. The van der Waals surface area contributed by atoms with Gasteiger partial charge in [-0.15, -0.1) is 11.3 Å². The third kappa shape index (κ3) is 6.74. The van der Waals surface area contributed by atoms with E-state index in [2.05, 4.69) is 25.0 Å². The van der Waals surface area contributed by atoms with Crippen LogP contribution in [0.1, 0.15) is 5.69 Å². The molecule has 31 heavy (non-hydrogen) atoms. The monoisotopic (exact) mass is 490 g/mol. The summed E-state index contributed by atoms with van der Waals surface area (Å²) in [5.41, 5.74) is 9.58. The standard InChI is InChI=1S/C12H14N6O10S2.Na.H/c13-11-15-4(3-29-11)7(17-28-2-6(19)20)9(21)16-8-5(1-27-12(14)23)18(10(8)22)30(24,25)26;;/h3,5,8H,1-2H2,(H2,13,15)(H2,14,23)(H,16,21)(H,19,20)(H,24,25,26);;/b17-7-;;/t5-,8+;;/m1../s1. The molecule has 0 saturated carbocycles. The van der Waals surface area contributed by atoms with Crippen LogP contribution >= 0.6 is 11.3 Å². The van der Waals surface area contributed by atoms with Crippen molar-refractivity contribution in [2.45, 2.75) is 12.1 Å². The van der Waals surface area contributed by atoms with E-state index in [1.165, 1.54) is 5.38 Å². The number of nitrogens with one attached hydrogen (secondary N) is 1. The molecule has 19 heteroatoms. The summed E-state index contributed by atoms with van der Waals surface area (Å²) >= 11 is 0.920. The van der Waals surface area contributed by atoms with E-state index in [9.17, 15) is 27.6 Å². The van der Waals surface area contributed by atoms with Gasteiger partial charge in [0.15, 0.2) is 10.8 Å². The summed E-state index contributed by atoms with van der Waals surface area (Å²) in [5, 5.41) is 15.4. The molecule has 16 nitrogen and oxygen atoms in total. The van der Waals surface area contributed by atoms with Gasteiger partial charge in [0, 0.05) is 5.38 Å². The summed E-state index contributed by atoms with van der Waals surface area (Å²) in [5.74, 6) is -3.76. The number of carbonyl (C=O) groups is 4. The fourth-order valence-corrected chi connectivity index (χ4v) is 3.67. The fraction of sp³-hybridized carbons (Fsp3) is 0.333. The summed E-state index contributed by atoms with van der Waals surface area (Å²) in [6, 6.07) is -3.08. The molecule has 1 aromatic heterocycles. The van der Waals surface area contributed by atoms with Crippen molar-refractivity contribution in [1.82, 2.24) is 14.6 Å². The molecular formula is C12H15N6NaO10S2. The maximum atomic E-state index is 12.6. The van der Waals surface area contributed by atoms with E-state index in [-0.39, 0.29) is 44.7 Å². The molecule has 0 radical (unpaired) electrons. The second-order valence-corrected chi connectivity index (χ2v) is 7.62. The average molecular weight is 490 g/mol. The Bertz CT molecular complexity index is 1010. The number of oxime groups is 1. The molecule has 0 bridgehead atoms. The van der Waals surface area contributed by atoms with Gasteiger partial charge in [-0.2, -0.15) is 8.42 Å². The quantitative estimate of drug-likeness (QED) is 0.0742. The first-order chi connectivity index (χ1) is 13.9. The van der Waals surface area contributed by atoms with Crippen LogP contribution in [0.25, 0.3) is 0 Å². The number of carboxylic acid groups (broad SMARTS) is 1. The molecule has 1 aliphatic rings. The second-order valence-electron chi connectivity index (χ2n) is 5.44. The summed E-state index contributed by atoms with van der Waals surface area (Å²) in [6.45, 7) is -1.66. The molecule has 2 atom stereocenters. The fourth-order valence-electron chi connectivity index (χ4n) is 2.26. The van der Waals surface area contributed by atoms with E-state index >= 15 is 0 Å². The van der Waals surface area contributed by atoms with E-state index in [1.807, 2.05) is 0 Å². The van der Waals surface area contributed by atoms with Gasteiger partial charge in [0.25, 0.3) is 11.8 Å². The molecule has 7 N–H and O–H groups in total.